The minimum Gasteiger partial charge on any atom is -0.360 e. The summed E-state index contributed by atoms with van der Waals surface area (Å²) in [6, 6.07) is 1.16. The van der Waals surface area contributed by atoms with Gasteiger partial charge in [-0.15, -0.1) is 0 Å². The van der Waals surface area contributed by atoms with E-state index < -0.39 is 8.07 Å². The summed E-state index contributed by atoms with van der Waals surface area (Å²) in [6.07, 6.45) is 1.26. The van der Waals surface area contributed by atoms with Crippen molar-refractivity contribution in [3.63, 3.8) is 0 Å². The van der Waals surface area contributed by atoms with E-state index in [0.717, 1.165) is 30.5 Å². The van der Waals surface area contributed by atoms with E-state index >= 15 is 0 Å². The summed E-state index contributed by atoms with van der Waals surface area (Å²) in [5, 5.41) is 4.55. The summed E-state index contributed by atoms with van der Waals surface area (Å²) in [6.45, 7) is 12.4. The van der Waals surface area contributed by atoms with Crippen LogP contribution in [0.25, 0.3) is 0 Å². The van der Waals surface area contributed by atoms with Gasteiger partial charge in [0.1, 0.15) is 6.73 Å². The Balaban J connectivity index is 2.57. The van der Waals surface area contributed by atoms with E-state index in [1.54, 1.807) is 19.0 Å². The fraction of sp³-hybridized carbons (Fsp3) is 0.750. The summed E-state index contributed by atoms with van der Waals surface area (Å²) in [7, 11) is 2.53. The van der Waals surface area contributed by atoms with Crippen molar-refractivity contribution in [2.75, 3.05) is 20.7 Å². The quantitative estimate of drug-likeness (QED) is 0.545. The standard InChI is InChI=1S/C16H31N3O2Si/c1-13-15(8-9-16(20)18(3)4)14(2)19(17-13)12-21-10-11-22(5,6)7/h8-12H2,1-7H3. The van der Waals surface area contributed by atoms with Crippen molar-refractivity contribution < 1.29 is 9.53 Å². The van der Waals surface area contributed by atoms with Crippen LogP contribution >= 0.6 is 0 Å². The number of ether oxygens (including phenoxy) is 1. The maximum Gasteiger partial charge on any atom is 0.222 e. The second-order valence-corrected chi connectivity index (χ2v) is 12.9. The van der Waals surface area contributed by atoms with Crippen LogP contribution in [0.1, 0.15) is 23.4 Å². The van der Waals surface area contributed by atoms with Crippen molar-refractivity contribution in [2.24, 2.45) is 0 Å². The highest BCUT2D eigenvalue weighted by molar-refractivity contribution is 6.76. The average molecular weight is 326 g/mol. The Morgan fingerprint density at radius 2 is 1.91 bits per heavy atom. The highest BCUT2D eigenvalue weighted by Gasteiger charge is 2.15. The minimum atomic E-state index is -1.05. The number of nitrogens with zero attached hydrogens (tertiary/aromatic N) is 3. The van der Waals surface area contributed by atoms with Gasteiger partial charge in [0.15, 0.2) is 0 Å². The third-order valence-corrected chi connectivity index (χ3v) is 5.53. The van der Waals surface area contributed by atoms with Crippen LogP contribution < -0.4 is 0 Å². The number of carbonyl (C=O) groups is 1. The van der Waals surface area contributed by atoms with Crippen LogP contribution in [0, 0.1) is 13.8 Å². The molecule has 0 saturated carbocycles. The van der Waals surface area contributed by atoms with Gasteiger partial charge in [0.25, 0.3) is 0 Å². The lowest BCUT2D eigenvalue weighted by Gasteiger charge is -2.15. The molecule has 1 amide bonds. The molecule has 126 valence electrons. The minimum absolute atomic E-state index is 0.151. The third-order valence-electron chi connectivity index (χ3n) is 3.83. The van der Waals surface area contributed by atoms with E-state index in [1.807, 2.05) is 11.6 Å². The second-order valence-electron chi connectivity index (χ2n) is 7.29. The molecular formula is C16H31N3O2Si. The Morgan fingerprint density at radius 3 is 2.45 bits per heavy atom. The predicted molar refractivity (Wildman–Crippen MR) is 92.8 cm³/mol. The Morgan fingerprint density at radius 1 is 1.27 bits per heavy atom. The van der Waals surface area contributed by atoms with E-state index in [0.29, 0.717) is 13.2 Å². The van der Waals surface area contributed by atoms with E-state index in [1.165, 1.54) is 5.56 Å². The number of rotatable bonds is 8. The van der Waals surface area contributed by atoms with Crippen LogP contribution in [-0.2, 0) is 22.7 Å². The molecule has 0 aliphatic heterocycles. The highest BCUT2D eigenvalue weighted by atomic mass is 28.3. The van der Waals surface area contributed by atoms with E-state index in [-0.39, 0.29) is 5.91 Å². The molecule has 0 aliphatic carbocycles. The first-order valence-corrected chi connectivity index (χ1v) is 11.6. The highest BCUT2D eigenvalue weighted by Crippen LogP contribution is 2.16. The molecule has 1 aromatic heterocycles. The fourth-order valence-electron chi connectivity index (χ4n) is 2.21. The van der Waals surface area contributed by atoms with Crippen LogP contribution in [-0.4, -0.2) is 49.4 Å². The number of hydrogen-bond donors (Lipinski definition) is 0. The first-order chi connectivity index (χ1) is 10.1. The molecule has 0 fully saturated rings. The van der Waals surface area contributed by atoms with Gasteiger partial charge in [-0.3, -0.25) is 4.79 Å². The van der Waals surface area contributed by atoms with E-state index in [2.05, 4.69) is 31.7 Å². The summed E-state index contributed by atoms with van der Waals surface area (Å²) in [5.41, 5.74) is 3.28. The lowest BCUT2D eigenvalue weighted by molar-refractivity contribution is -0.128. The van der Waals surface area contributed by atoms with Crippen molar-refractivity contribution in [3.05, 3.63) is 17.0 Å². The molecule has 0 aromatic carbocycles. The molecular weight excluding hydrogens is 294 g/mol. The van der Waals surface area contributed by atoms with Crippen LogP contribution in [0.4, 0.5) is 0 Å². The zero-order valence-electron chi connectivity index (χ0n) is 15.2. The number of hydrogen-bond acceptors (Lipinski definition) is 3. The molecule has 22 heavy (non-hydrogen) atoms. The molecule has 0 spiro atoms. The second kappa shape index (κ2) is 7.92. The third kappa shape index (κ3) is 5.92. The van der Waals surface area contributed by atoms with Gasteiger partial charge in [-0.25, -0.2) is 4.68 Å². The van der Waals surface area contributed by atoms with Gasteiger partial charge in [0.2, 0.25) is 5.91 Å². The van der Waals surface area contributed by atoms with Crippen molar-refractivity contribution in [3.8, 4) is 0 Å². The molecule has 0 saturated heterocycles. The summed E-state index contributed by atoms with van der Waals surface area (Å²) < 4.78 is 7.68. The van der Waals surface area contributed by atoms with Crippen LogP contribution in [0.5, 0.6) is 0 Å². The summed E-state index contributed by atoms with van der Waals surface area (Å²) in [5.74, 6) is 0.151. The van der Waals surface area contributed by atoms with Crippen LogP contribution in [0.15, 0.2) is 0 Å². The molecule has 0 atom stereocenters. The van der Waals surface area contributed by atoms with Gasteiger partial charge < -0.3 is 9.64 Å². The smallest absolute Gasteiger partial charge is 0.222 e. The van der Waals surface area contributed by atoms with Gasteiger partial charge in [0, 0.05) is 40.9 Å². The molecule has 0 bridgehead atoms. The first-order valence-electron chi connectivity index (χ1n) is 7.92. The number of aromatic nitrogens is 2. The van der Waals surface area contributed by atoms with Gasteiger partial charge >= 0.3 is 0 Å². The summed E-state index contributed by atoms with van der Waals surface area (Å²) in [4.78, 5) is 13.4. The molecule has 1 heterocycles. The van der Waals surface area contributed by atoms with Crippen LogP contribution in [0.2, 0.25) is 25.7 Å². The molecule has 0 unspecified atom stereocenters. The van der Waals surface area contributed by atoms with Gasteiger partial charge in [0.05, 0.1) is 5.69 Å². The van der Waals surface area contributed by atoms with E-state index in [9.17, 15) is 4.79 Å². The van der Waals surface area contributed by atoms with Crippen LogP contribution in [0.3, 0.4) is 0 Å². The van der Waals surface area contributed by atoms with Gasteiger partial charge in [-0.2, -0.15) is 5.10 Å². The first kappa shape index (κ1) is 18.9. The Hall–Kier alpha value is -1.14. The lowest BCUT2D eigenvalue weighted by Crippen LogP contribution is -2.22. The number of aryl methyl sites for hydroxylation is 1. The molecule has 5 nitrogen and oxygen atoms in total. The molecule has 6 heteroatoms. The Bertz CT molecular complexity index is 504. The number of amides is 1. The SMILES string of the molecule is Cc1nn(COCC[Si](C)(C)C)c(C)c1CCC(=O)N(C)C. The molecule has 1 rings (SSSR count). The zero-order valence-corrected chi connectivity index (χ0v) is 16.2. The Kier molecular flexibility index (Phi) is 6.81. The van der Waals surface area contributed by atoms with Gasteiger partial charge in [-0.1, -0.05) is 19.6 Å². The van der Waals surface area contributed by atoms with E-state index in [4.69, 9.17) is 4.74 Å². The van der Waals surface area contributed by atoms with Crippen molar-refractivity contribution >= 4 is 14.0 Å². The summed E-state index contributed by atoms with van der Waals surface area (Å²) >= 11 is 0. The Labute approximate surface area is 135 Å². The maximum atomic E-state index is 11.7. The van der Waals surface area contributed by atoms with Crippen molar-refractivity contribution in [1.82, 2.24) is 14.7 Å². The zero-order chi connectivity index (χ0) is 16.9. The normalized spacial score (nSPS) is 11.8. The monoisotopic (exact) mass is 325 g/mol. The molecule has 0 radical (unpaired) electrons. The predicted octanol–water partition coefficient (Wildman–Crippen LogP) is 2.83. The topological polar surface area (TPSA) is 47.4 Å². The van der Waals surface area contributed by atoms with Crippen molar-refractivity contribution in [2.45, 2.75) is 59.1 Å². The molecule has 1 aromatic rings. The lowest BCUT2D eigenvalue weighted by atomic mass is 10.1. The number of carbonyl (C=O) groups excluding carboxylic acids is 1. The van der Waals surface area contributed by atoms with Gasteiger partial charge in [-0.05, 0) is 31.9 Å². The maximum absolute atomic E-state index is 11.7. The molecule has 0 N–H and O–H groups in total. The molecule has 0 aliphatic rings. The van der Waals surface area contributed by atoms with Crippen molar-refractivity contribution in [1.29, 1.82) is 0 Å². The largest absolute Gasteiger partial charge is 0.360 e. The fourth-order valence-corrected chi connectivity index (χ4v) is 2.96. The average Bonchev–Trinajstić information content (AvgIpc) is 2.66.